The van der Waals surface area contributed by atoms with Crippen LogP contribution in [0.2, 0.25) is 0 Å². The fraction of sp³-hybridized carbons (Fsp3) is 0.188. The second kappa shape index (κ2) is 6.39. The molecule has 0 aliphatic carbocycles. The summed E-state index contributed by atoms with van der Waals surface area (Å²) in [5.41, 5.74) is 2.65. The average molecular weight is 275 g/mol. The summed E-state index contributed by atoms with van der Waals surface area (Å²) < 4.78 is 5.70. The zero-order valence-electron chi connectivity index (χ0n) is 10.7. The Bertz CT molecular complexity index is 564. The Labute approximate surface area is 118 Å². The number of hydrogen-bond acceptors (Lipinski definition) is 2. The Hall–Kier alpha value is -1.80. The number of ketones is 1. The first-order valence-corrected chi connectivity index (χ1v) is 6.60. The molecule has 2 aromatic carbocycles. The van der Waals surface area contributed by atoms with Crippen LogP contribution in [-0.4, -0.2) is 11.7 Å². The van der Waals surface area contributed by atoms with Crippen LogP contribution in [0.25, 0.3) is 0 Å². The third kappa shape index (κ3) is 3.58. The molecule has 0 fully saturated rings. The van der Waals surface area contributed by atoms with Crippen molar-refractivity contribution < 1.29 is 9.53 Å². The normalized spacial score (nSPS) is 10.2. The molecule has 0 atom stereocenters. The number of halogens is 1. The number of carbonyl (C=O) groups excluding carboxylic acids is 1. The molecule has 0 aliphatic rings. The largest absolute Gasteiger partial charge is 0.489 e. The van der Waals surface area contributed by atoms with E-state index in [9.17, 15) is 4.79 Å². The lowest BCUT2D eigenvalue weighted by molar-refractivity contribution is 0.102. The van der Waals surface area contributed by atoms with Gasteiger partial charge in [-0.25, -0.2) is 0 Å². The number of hydrogen-bond donors (Lipinski definition) is 0. The van der Waals surface area contributed by atoms with Crippen LogP contribution in [0, 0.1) is 6.92 Å². The van der Waals surface area contributed by atoms with Gasteiger partial charge in [0.05, 0.1) is 5.88 Å². The lowest BCUT2D eigenvalue weighted by Gasteiger charge is -2.09. The van der Waals surface area contributed by atoms with Gasteiger partial charge in [0.2, 0.25) is 0 Å². The van der Waals surface area contributed by atoms with Crippen molar-refractivity contribution in [1.82, 2.24) is 0 Å². The van der Waals surface area contributed by atoms with E-state index in [1.54, 1.807) is 12.1 Å². The third-order valence-electron chi connectivity index (χ3n) is 2.87. The first-order valence-electron chi connectivity index (χ1n) is 6.07. The number of ether oxygens (including phenoxy) is 1. The van der Waals surface area contributed by atoms with Crippen LogP contribution in [0.3, 0.4) is 0 Å². The summed E-state index contributed by atoms with van der Waals surface area (Å²) in [6.07, 6.45) is 0. The summed E-state index contributed by atoms with van der Waals surface area (Å²) in [5.74, 6) is 0.701. The van der Waals surface area contributed by atoms with E-state index in [4.69, 9.17) is 16.3 Å². The molecule has 3 heteroatoms. The predicted octanol–water partition coefficient (Wildman–Crippen LogP) is 4.00. The lowest BCUT2D eigenvalue weighted by atomic mass is 10.1. The second-order valence-corrected chi connectivity index (χ2v) is 4.58. The molecule has 0 bridgehead atoms. The third-order valence-corrected chi connectivity index (χ3v) is 3.11. The molecule has 0 unspecified atom stereocenters. The van der Waals surface area contributed by atoms with E-state index in [0.717, 1.165) is 16.9 Å². The average Bonchev–Trinajstić information content (AvgIpc) is 2.45. The van der Waals surface area contributed by atoms with Gasteiger partial charge >= 0.3 is 0 Å². The molecular formula is C16H15ClO2. The maximum atomic E-state index is 11.6. The van der Waals surface area contributed by atoms with E-state index in [1.807, 2.05) is 43.3 Å². The Morgan fingerprint density at radius 3 is 2.53 bits per heavy atom. The fourth-order valence-electron chi connectivity index (χ4n) is 1.85. The summed E-state index contributed by atoms with van der Waals surface area (Å²) in [4.78, 5) is 11.6. The molecule has 0 spiro atoms. The van der Waals surface area contributed by atoms with Crippen LogP contribution in [0.5, 0.6) is 5.75 Å². The Morgan fingerprint density at radius 1 is 1.16 bits per heavy atom. The van der Waals surface area contributed by atoms with Crippen molar-refractivity contribution in [1.29, 1.82) is 0 Å². The molecule has 0 aliphatic heterocycles. The molecule has 2 nitrogen and oxygen atoms in total. The first-order chi connectivity index (χ1) is 9.20. The predicted molar refractivity (Wildman–Crippen MR) is 77.0 cm³/mol. The van der Waals surface area contributed by atoms with Gasteiger partial charge in [-0.1, -0.05) is 30.3 Å². The maximum Gasteiger partial charge on any atom is 0.177 e. The van der Waals surface area contributed by atoms with Crippen LogP contribution in [0.4, 0.5) is 0 Å². The monoisotopic (exact) mass is 274 g/mol. The van der Waals surface area contributed by atoms with Gasteiger partial charge in [-0.15, -0.1) is 11.6 Å². The summed E-state index contributed by atoms with van der Waals surface area (Å²) in [6, 6.07) is 15.4. The number of Topliss-reactive ketones (excluding diaryl/α,β-unsaturated/α-hetero) is 1. The molecule has 2 aromatic rings. The Balaban J connectivity index is 2.06. The summed E-state index contributed by atoms with van der Waals surface area (Å²) in [5, 5.41) is 0. The Kier molecular flexibility index (Phi) is 4.58. The van der Waals surface area contributed by atoms with Crippen molar-refractivity contribution in [2.75, 3.05) is 5.88 Å². The maximum absolute atomic E-state index is 11.6. The minimum atomic E-state index is -0.0613. The van der Waals surface area contributed by atoms with Crippen molar-refractivity contribution in [3.63, 3.8) is 0 Å². The van der Waals surface area contributed by atoms with Gasteiger partial charge in [-0.05, 0) is 36.2 Å². The molecule has 0 saturated carbocycles. The topological polar surface area (TPSA) is 26.3 Å². The molecule has 98 valence electrons. The molecule has 0 N–H and O–H groups in total. The van der Waals surface area contributed by atoms with Crippen LogP contribution >= 0.6 is 11.6 Å². The highest BCUT2D eigenvalue weighted by Crippen LogP contribution is 2.19. The summed E-state index contributed by atoms with van der Waals surface area (Å²) in [7, 11) is 0. The van der Waals surface area contributed by atoms with E-state index < -0.39 is 0 Å². The number of carbonyl (C=O) groups is 1. The van der Waals surface area contributed by atoms with Crippen molar-refractivity contribution in [3.05, 3.63) is 65.2 Å². The quantitative estimate of drug-likeness (QED) is 0.609. The zero-order valence-corrected chi connectivity index (χ0v) is 11.5. The highest BCUT2D eigenvalue weighted by atomic mass is 35.5. The van der Waals surface area contributed by atoms with Crippen molar-refractivity contribution >= 4 is 17.4 Å². The number of alkyl halides is 1. The van der Waals surface area contributed by atoms with E-state index in [1.165, 1.54) is 0 Å². The Morgan fingerprint density at radius 2 is 1.89 bits per heavy atom. The van der Waals surface area contributed by atoms with Gasteiger partial charge in [-0.2, -0.15) is 0 Å². The smallest absolute Gasteiger partial charge is 0.177 e. The SMILES string of the molecule is Cc1cc(OCc2ccccc2)ccc1C(=O)CCl. The zero-order chi connectivity index (χ0) is 13.7. The van der Waals surface area contributed by atoms with Gasteiger partial charge in [0.25, 0.3) is 0 Å². The number of benzene rings is 2. The molecule has 0 aromatic heterocycles. The highest BCUT2D eigenvalue weighted by molar-refractivity contribution is 6.30. The fourth-order valence-corrected chi connectivity index (χ4v) is 2.00. The molecule has 0 radical (unpaired) electrons. The molecule has 2 rings (SSSR count). The molecule has 0 heterocycles. The van der Waals surface area contributed by atoms with Crippen molar-refractivity contribution in [2.24, 2.45) is 0 Å². The van der Waals surface area contributed by atoms with Crippen LogP contribution in [-0.2, 0) is 6.61 Å². The summed E-state index contributed by atoms with van der Waals surface area (Å²) in [6.45, 7) is 2.40. The molecule has 0 amide bonds. The van der Waals surface area contributed by atoms with E-state index in [-0.39, 0.29) is 11.7 Å². The first kappa shape index (κ1) is 13.6. The van der Waals surface area contributed by atoms with E-state index >= 15 is 0 Å². The minimum Gasteiger partial charge on any atom is -0.489 e. The van der Waals surface area contributed by atoms with Crippen LogP contribution in [0.1, 0.15) is 21.5 Å². The minimum absolute atomic E-state index is 0.00502. The van der Waals surface area contributed by atoms with Gasteiger partial charge in [0.15, 0.2) is 5.78 Å². The standard InChI is InChI=1S/C16H15ClO2/c1-12-9-14(7-8-15(12)16(18)10-17)19-11-13-5-3-2-4-6-13/h2-9H,10-11H2,1H3. The van der Waals surface area contributed by atoms with Gasteiger partial charge in [0, 0.05) is 5.56 Å². The second-order valence-electron chi connectivity index (χ2n) is 4.31. The number of rotatable bonds is 5. The molecule has 0 saturated heterocycles. The van der Waals surface area contributed by atoms with Gasteiger partial charge in [-0.3, -0.25) is 4.79 Å². The van der Waals surface area contributed by atoms with Crippen molar-refractivity contribution in [3.8, 4) is 5.75 Å². The lowest BCUT2D eigenvalue weighted by Crippen LogP contribution is -2.03. The summed E-state index contributed by atoms with van der Waals surface area (Å²) >= 11 is 5.56. The van der Waals surface area contributed by atoms with Crippen LogP contribution < -0.4 is 4.74 Å². The van der Waals surface area contributed by atoms with Crippen LogP contribution in [0.15, 0.2) is 48.5 Å². The molecule has 19 heavy (non-hydrogen) atoms. The molecular weight excluding hydrogens is 260 g/mol. The van der Waals surface area contributed by atoms with Gasteiger partial charge < -0.3 is 4.74 Å². The van der Waals surface area contributed by atoms with E-state index in [0.29, 0.717) is 12.2 Å². The van der Waals surface area contributed by atoms with E-state index in [2.05, 4.69) is 0 Å². The highest BCUT2D eigenvalue weighted by Gasteiger charge is 2.08. The number of aryl methyl sites for hydroxylation is 1. The van der Waals surface area contributed by atoms with Crippen molar-refractivity contribution in [2.45, 2.75) is 13.5 Å². The van der Waals surface area contributed by atoms with Gasteiger partial charge in [0.1, 0.15) is 12.4 Å².